The number of nitrogen functional groups attached to an aromatic ring is 2. The lowest BCUT2D eigenvalue weighted by Gasteiger charge is -2.14. The van der Waals surface area contributed by atoms with Crippen LogP contribution in [0.15, 0.2) is 6.33 Å². The molecule has 0 radical (unpaired) electrons. The third-order valence-corrected chi connectivity index (χ3v) is 3.89. The van der Waals surface area contributed by atoms with E-state index >= 15 is 0 Å². The molecule has 8 nitrogen and oxygen atoms in total. The molecule has 0 unspecified atom stereocenters. The van der Waals surface area contributed by atoms with Crippen LogP contribution in [0.1, 0.15) is 6.42 Å². The van der Waals surface area contributed by atoms with Gasteiger partial charge < -0.3 is 26.2 Å². The van der Waals surface area contributed by atoms with Crippen LogP contribution in [0.4, 0.5) is 11.8 Å². The number of nitrogens with zero attached hydrogens (tertiary/aromatic N) is 4. The van der Waals surface area contributed by atoms with Crippen molar-refractivity contribution in [1.29, 1.82) is 0 Å². The summed E-state index contributed by atoms with van der Waals surface area (Å²) >= 11 is 0. The molecule has 1 aliphatic carbocycles. The van der Waals surface area contributed by atoms with Gasteiger partial charge in [-0.25, -0.2) is 4.98 Å². The number of aromatic nitrogens is 4. The fourth-order valence-corrected chi connectivity index (χ4v) is 2.57. The Kier molecular flexibility index (Phi) is 2.58. The number of hydrogen-bond donors (Lipinski definition) is 4. The van der Waals surface area contributed by atoms with Crippen molar-refractivity contribution in [3.8, 4) is 0 Å². The lowest BCUT2D eigenvalue weighted by molar-refractivity contribution is 0.159. The lowest BCUT2D eigenvalue weighted by Crippen LogP contribution is -2.19. The molecular formula is C11H16N6O2. The van der Waals surface area contributed by atoms with E-state index in [4.69, 9.17) is 11.5 Å². The van der Waals surface area contributed by atoms with Crippen LogP contribution in [0.5, 0.6) is 0 Å². The Morgan fingerprint density at radius 1 is 1.37 bits per heavy atom. The first-order valence-corrected chi connectivity index (χ1v) is 6.05. The van der Waals surface area contributed by atoms with E-state index in [0.29, 0.717) is 17.7 Å². The van der Waals surface area contributed by atoms with Gasteiger partial charge in [0.1, 0.15) is 5.52 Å². The van der Waals surface area contributed by atoms with Crippen LogP contribution in [-0.4, -0.2) is 42.9 Å². The van der Waals surface area contributed by atoms with E-state index in [1.54, 1.807) is 10.9 Å². The Labute approximate surface area is 109 Å². The van der Waals surface area contributed by atoms with E-state index < -0.39 is 0 Å². The van der Waals surface area contributed by atoms with Crippen LogP contribution in [-0.2, 0) is 6.54 Å². The van der Waals surface area contributed by atoms with Crippen molar-refractivity contribution >= 4 is 22.9 Å². The molecule has 19 heavy (non-hydrogen) atoms. The summed E-state index contributed by atoms with van der Waals surface area (Å²) in [5, 5.41) is 18.7. The first-order valence-electron chi connectivity index (χ1n) is 6.05. The molecule has 6 N–H and O–H groups in total. The van der Waals surface area contributed by atoms with Gasteiger partial charge in [0.2, 0.25) is 5.95 Å². The molecule has 0 aliphatic heterocycles. The molecule has 1 aliphatic rings. The first-order chi connectivity index (χ1) is 9.09. The molecule has 2 heterocycles. The predicted molar refractivity (Wildman–Crippen MR) is 68.9 cm³/mol. The minimum atomic E-state index is -0.295. The number of nitrogens with two attached hydrogens (primary N) is 2. The highest BCUT2D eigenvalue weighted by Gasteiger charge is 2.53. The number of anilines is 2. The molecule has 0 aromatic carbocycles. The average molecular weight is 264 g/mol. The molecule has 2 aromatic heterocycles. The van der Waals surface area contributed by atoms with Gasteiger partial charge in [0.25, 0.3) is 0 Å². The number of aliphatic hydroxyl groups is 2. The van der Waals surface area contributed by atoms with E-state index in [9.17, 15) is 10.2 Å². The predicted octanol–water partition coefficient (Wildman–Crippen LogP) is -1.02. The summed E-state index contributed by atoms with van der Waals surface area (Å²) in [6, 6.07) is 0. The molecule has 2 aromatic rings. The zero-order valence-electron chi connectivity index (χ0n) is 10.3. The quantitative estimate of drug-likeness (QED) is 0.555. The van der Waals surface area contributed by atoms with Gasteiger partial charge in [0.05, 0.1) is 12.9 Å². The van der Waals surface area contributed by atoms with Crippen LogP contribution >= 0.6 is 0 Å². The fourth-order valence-electron chi connectivity index (χ4n) is 2.57. The first kappa shape index (κ1) is 12.1. The largest absolute Gasteiger partial charge is 0.396 e. The van der Waals surface area contributed by atoms with E-state index in [1.807, 2.05) is 0 Å². The molecule has 102 valence electrons. The minimum absolute atomic E-state index is 0.0218. The van der Waals surface area contributed by atoms with Crippen LogP contribution < -0.4 is 11.5 Å². The Morgan fingerprint density at radius 3 is 2.79 bits per heavy atom. The smallest absolute Gasteiger partial charge is 0.224 e. The van der Waals surface area contributed by atoms with Crippen molar-refractivity contribution in [1.82, 2.24) is 19.5 Å². The summed E-state index contributed by atoms with van der Waals surface area (Å²) in [7, 11) is 0. The SMILES string of the molecule is Nc1nc(N)c2ncn(C[C@@]3(CO)C[C@@H]3CO)c2n1. The summed E-state index contributed by atoms with van der Waals surface area (Å²) in [6.45, 7) is 0.627. The van der Waals surface area contributed by atoms with Gasteiger partial charge in [-0.05, 0) is 12.3 Å². The summed E-state index contributed by atoms with van der Waals surface area (Å²) < 4.78 is 1.80. The van der Waals surface area contributed by atoms with Crippen molar-refractivity contribution in [2.45, 2.75) is 13.0 Å². The van der Waals surface area contributed by atoms with Gasteiger partial charge in [0, 0.05) is 18.6 Å². The molecule has 0 saturated heterocycles. The van der Waals surface area contributed by atoms with E-state index in [0.717, 1.165) is 6.42 Å². The second-order valence-corrected chi connectivity index (χ2v) is 5.12. The molecule has 0 spiro atoms. The Bertz CT molecular complexity index is 627. The highest BCUT2D eigenvalue weighted by molar-refractivity contribution is 5.82. The summed E-state index contributed by atoms with van der Waals surface area (Å²) in [6.07, 6.45) is 2.40. The molecule has 0 bridgehead atoms. The van der Waals surface area contributed by atoms with Gasteiger partial charge in [0.15, 0.2) is 11.5 Å². The fraction of sp³-hybridized carbons (Fsp3) is 0.545. The van der Waals surface area contributed by atoms with Crippen LogP contribution in [0.3, 0.4) is 0 Å². The monoisotopic (exact) mass is 264 g/mol. The summed E-state index contributed by atoms with van der Waals surface area (Å²) in [5.74, 6) is 0.458. The number of aliphatic hydroxyl groups excluding tert-OH is 2. The molecule has 8 heteroatoms. The number of hydrogen-bond acceptors (Lipinski definition) is 7. The maximum Gasteiger partial charge on any atom is 0.224 e. The minimum Gasteiger partial charge on any atom is -0.396 e. The van der Waals surface area contributed by atoms with Crippen LogP contribution in [0.25, 0.3) is 11.2 Å². The maximum atomic E-state index is 9.51. The molecular weight excluding hydrogens is 248 g/mol. The highest BCUT2D eigenvalue weighted by atomic mass is 16.3. The Hall–Kier alpha value is -1.93. The van der Waals surface area contributed by atoms with Crippen LogP contribution in [0.2, 0.25) is 0 Å². The van der Waals surface area contributed by atoms with Gasteiger partial charge in [-0.1, -0.05) is 0 Å². The van der Waals surface area contributed by atoms with Crippen molar-refractivity contribution in [3.63, 3.8) is 0 Å². The third kappa shape index (κ3) is 1.80. The summed E-state index contributed by atoms with van der Waals surface area (Å²) in [4.78, 5) is 12.2. The maximum absolute atomic E-state index is 9.51. The van der Waals surface area contributed by atoms with Crippen molar-refractivity contribution in [3.05, 3.63) is 6.33 Å². The standard InChI is InChI=1S/C11H16N6O2/c12-8-7-9(16-10(13)15-8)17(5-14-7)3-11(4-19)1-6(11)2-18/h5-6,18-19H,1-4H2,(H4,12,13,15,16)/t6-,11-/m1/s1. The van der Waals surface area contributed by atoms with Crippen molar-refractivity contribution in [2.75, 3.05) is 24.7 Å². The van der Waals surface area contributed by atoms with E-state index in [-0.39, 0.29) is 36.3 Å². The summed E-state index contributed by atoms with van der Waals surface area (Å²) in [5.41, 5.74) is 12.1. The van der Waals surface area contributed by atoms with E-state index in [1.165, 1.54) is 0 Å². The molecule has 3 rings (SSSR count). The Balaban J connectivity index is 1.98. The van der Waals surface area contributed by atoms with Gasteiger partial charge >= 0.3 is 0 Å². The van der Waals surface area contributed by atoms with Crippen molar-refractivity contribution in [2.24, 2.45) is 11.3 Å². The second kappa shape index (κ2) is 4.04. The molecule has 0 amide bonds. The average Bonchev–Trinajstić information content (AvgIpc) is 2.95. The number of fused-ring (bicyclic) bond motifs is 1. The van der Waals surface area contributed by atoms with E-state index in [2.05, 4.69) is 15.0 Å². The molecule has 1 fully saturated rings. The highest BCUT2D eigenvalue weighted by Crippen LogP contribution is 2.53. The third-order valence-electron chi connectivity index (χ3n) is 3.89. The molecule has 2 atom stereocenters. The van der Waals surface area contributed by atoms with Gasteiger partial charge in [-0.15, -0.1) is 0 Å². The van der Waals surface area contributed by atoms with Crippen molar-refractivity contribution < 1.29 is 10.2 Å². The second-order valence-electron chi connectivity index (χ2n) is 5.12. The normalized spacial score (nSPS) is 25.9. The zero-order valence-corrected chi connectivity index (χ0v) is 10.3. The Morgan fingerprint density at radius 2 is 2.16 bits per heavy atom. The van der Waals surface area contributed by atoms with Gasteiger partial charge in [-0.3, -0.25) is 0 Å². The lowest BCUT2D eigenvalue weighted by atomic mass is 10.1. The van der Waals surface area contributed by atoms with Crippen LogP contribution in [0, 0.1) is 11.3 Å². The topological polar surface area (TPSA) is 136 Å². The zero-order chi connectivity index (χ0) is 13.6. The molecule has 1 saturated carbocycles. The number of imidazole rings is 1. The van der Waals surface area contributed by atoms with Gasteiger partial charge in [-0.2, -0.15) is 9.97 Å². The number of rotatable bonds is 4.